The highest BCUT2D eigenvalue weighted by Gasteiger charge is 2.57. The first-order valence-electron chi connectivity index (χ1n) is 4.90. The first kappa shape index (κ1) is 13.4. The van der Waals surface area contributed by atoms with E-state index < -0.39 is 34.4 Å². The molecule has 0 aliphatic carbocycles. The van der Waals surface area contributed by atoms with Crippen LogP contribution in [0, 0.1) is 17.1 Å². The number of nitriles is 1. The lowest BCUT2D eigenvalue weighted by atomic mass is 9.43. The van der Waals surface area contributed by atoms with Crippen molar-refractivity contribution in [1.82, 2.24) is 4.72 Å². The topological polar surface area (TPSA) is 70.0 Å². The Hall–Kier alpha value is -0.675. The van der Waals surface area contributed by atoms with Crippen molar-refractivity contribution in [3.63, 3.8) is 0 Å². The van der Waals surface area contributed by atoms with Crippen molar-refractivity contribution in [3.05, 3.63) is 0 Å². The highest BCUT2D eigenvalue weighted by molar-refractivity contribution is 7.88. The molecule has 1 heterocycles. The van der Waals surface area contributed by atoms with Gasteiger partial charge < -0.3 is 0 Å². The summed E-state index contributed by atoms with van der Waals surface area (Å²) in [5, 5.41) is 8.76. The molecule has 0 spiro atoms. The zero-order chi connectivity index (χ0) is 12.6. The third-order valence-electron chi connectivity index (χ3n) is 2.98. The van der Waals surface area contributed by atoms with Crippen molar-refractivity contribution in [2.75, 3.05) is 12.8 Å². The standard InChI is InChI=1S/C8H13BF2N2O2S/c1-6-3-9(5-12)7(8(6,10)11)4-13-16(2,14)15/h6-7,13H,3-4H2,1-2H3. The molecule has 8 heteroatoms. The maximum Gasteiger partial charge on any atom is 0.278 e. The summed E-state index contributed by atoms with van der Waals surface area (Å²) >= 11 is 0. The minimum absolute atomic E-state index is 0.111. The lowest BCUT2D eigenvalue weighted by Crippen LogP contribution is -2.37. The van der Waals surface area contributed by atoms with Crippen LogP contribution in [0.15, 0.2) is 0 Å². The van der Waals surface area contributed by atoms with E-state index in [0.29, 0.717) is 0 Å². The van der Waals surface area contributed by atoms with Crippen LogP contribution < -0.4 is 4.72 Å². The third kappa shape index (κ3) is 2.71. The summed E-state index contributed by atoms with van der Waals surface area (Å²) < 4.78 is 51.0. The van der Waals surface area contributed by atoms with Gasteiger partial charge in [-0.05, 0) is 0 Å². The van der Waals surface area contributed by atoms with Gasteiger partial charge in [0.1, 0.15) is 0 Å². The van der Waals surface area contributed by atoms with E-state index in [4.69, 9.17) is 5.26 Å². The van der Waals surface area contributed by atoms with Gasteiger partial charge in [0.2, 0.25) is 15.9 Å². The molecule has 90 valence electrons. The van der Waals surface area contributed by atoms with Gasteiger partial charge >= 0.3 is 0 Å². The second kappa shape index (κ2) is 4.30. The van der Waals surface area contributed by atoms with Crippen LogP contribution in [0.4, 0.5) is 8.78 Å². The van der Waals surface area contributed by atoms with E-state index in [0.717, 1.165) is 6.26 Å². The molecule has 4 nitrogen and oxygen atoms in total. The van der Waals surface area contributed by atoms with Crippen LogP contribution in [-0.4, -0.2) is 33.9 Å². The fraction of sp³-hybridized carbons (Fsp3) is 0.875. The van der Waals surface area contributed by atoms with Gasteiger partial charge in [0.15, 0.2) is 0 Å². The largest absolute Gasteiger partial charge is 0.278 e. The van der Waals surface area contributed by atoms with Gasteiger partial charge in [-0.15, -0.1) is 0 Å². The Labute approximate surface area is 94.1 Å². The van der Waals surface area contributed by atoms with E-state index >= 15 is 0 Å². The Morgan fingerprint density at radius 2 is 2.19 bits per heavy atom. The van der Waals surface area contributed by atoms with Crippen LogP contribution in [-0.2, 0) is 10.0 Å². The van der Waals surface area contributed by atoms with Gasteiger partial charge in [-0.3, -0.25) is 0 Å². The fourth-order valence-corrected chi connectivity index (χ4v) is 2.48. The minimum Gasteiger partial charge on any atom is -0.216 e. The molecule has 0 aromatic heterocycles. The molecule has 0 aromatic carbocycles. The molecular formula is C8H13BF2N2O2S. The summed E-state index contributed by atoms with van der Waals surface area (Å²) in [6.07, 6.45) is 1.02. The predicted molar refractivity (Wildman–Crippen MR) is 56.9 cm³/mol. The van der Waals surface area contributed by atoms with Gasteiger partial charge in [-0.25, -0.2) is 27.2 Å². The molecule has 0 aromatic rings. The molecule has 2 atom stereocenters. The molecule has 0 saturated carbocycles. The van der Waals surface area contributed by atoms with E-state index in [9.17, 15) is 17.2 Å². The number of hydrogen-bond donors (Lipinski definition) is 1. The average molecular weight is 250 g/mol. The molecule has 1 fully saturated rings. The number of hydrogen-bond acceptors (Lipinski definition) is 3. The van der Waals surface area contributed by atoms with Crippen molar-refractivity contribution in [1.29, 1.82) is 5.26 Å². The number of halogens is 2. The Kier molecular flexibility index (Phi) is 3.60. The summed E-state index contributed by atoms with van der Waals surface area (Å²) in [5.74, 6) is -3.29. The number of nitrogens with zero attached hydrogens (tertiary/aromatic N) is 1. The van der Waals surface area contributed by atoms with Crippen LogP contribution in [0.1, 0.15) is 6.92 Å². The maximum absolute atomic E-state index is 13.6. The molecule has 0 amide bonds. The summed E-state index contributed by atoms with van der Waals surface area (Å²) in [4.78, 5) is 0. The Morgan fingerprint density at radius 1 is 1.62 bits per heavy atom. The van der Waals surface area contributed by atoms with Crippen LogP contribution in [0.3, 0.4) is 0 Å². The van der Waals surface area contributed by atoms with Crippen molar-refractivity contribution in [3.8, 4) is 5.97 Å². The fourth-order valence-electron chi connectivity index (χ4n) is 2.00. The molecule has 1 N–H and O–H groups in total. The number of sulfonamides is 1. The van der Waals surface area contributed by atoms with Crippen LogP contribution >= 0.6 is 0 Å². The predicted octanol–water partition coefficient (Wildman–Crippen LogP) is 0.748. The second-order valence-corrected chi connectivity index (χ2v) is 6.11. The monoisotopic (exact) mass is 250 g/mol. The number of alkyl halides is 2. The van der Waals surface area contributed by atoms with Gasteiger partial charge in [0.05, 0.1) is 6.26 Å². The van der Waals surface area contributed by atoms with Crippen molar-refractivity contribution in [2.24, 2.45) is 5.92 Å². The van der Waals surface area contributed by atoms with Gasteiger partial charge in [-0.1, -0.05) is 13.2 Å². The highest BCUT2D eigenvalue weighted by Crippen LogP contribution is 2.48. The molecule has 1 aliphatic heterocycles. The van der Waals surface area contributed by atoms with E-state index in [1.807, 2.05) is 10.7 Å². The van der Waals surface area contributed by atoms with E-state index in [1.165, 1.54) is 6.92 Å². The maximum atomic E-state index is 13.6. The number of nitrogens with one attached hydrogen (secondary N) is 1. The molecule has 1 saturated heterocycles. The van der Waals surface area contributed by atoms with Gasteiger partial charge in [0, 0.05) is 24.2 Å². The van der Waals surface area contributed by atoms with Gasteiger partial charge in [0.25, 0.3) is 6.71 Å². The molecule has 1 aliphatic rings. The van der Waals surface area contributed by atoms with E-state index in [-0.39, 0.29) is 12.9 Å². The molecule has 1 rings (SSSR count). The summed E-state index contributed by atoms with van der Waals surface area (Å²) in [7, 11) is -3.50. The molecular weight excluding hydrogens is 237 g/mol. The quantitative estimate of drug-likeness (QED) is 0.751. The second-order valence-electron chi connectivity index (χ2n) is 4.27. The Morgan fingerprint density at radius 3 is 2.62 bits per heavy atom. The van der Waals surface area contributed by atoms with Crippen molar-refractivity contribution < 1.29 is 17.2 Å². The first-order chi connectivity index (χ1) is 7.18. The summed E-state index contributed by atoms with van der Waals surface area (Å²) in [6, 6.07) is 0. The lowest BCUT2D eigenvalue weighted by molar-refractivity contribution is -0.0386. The first-order valence-corrected chi connectivity index (χ1v) is 6.79. The summed E-state index contributed by atoms with van der Waals surface area (Å²) in [6.45, 7) is 0.207. The average Bonchev–Trinajstić information content (AvgIpc) is 2.34. The molecule has 0 bridgehead atoms. The molecule has 16 heavy (non-hydrogen) atoms. The lowest BCUT2D eigenvalue weighted by Gasteiger charge is -2.23. The van der Waals surface area contributed by atoms with Gasteiger partial charge in [-0.2, -0.15) is 0 Å². The summed E-state index contributed by atoms with van der Waals surface area (Å²) in [5.41, 5.74) is 0. The zero-order valence-electron chi connectivity index (χ0n) is 9.07. The SMILES string of the molecule is CC1CB(C#N)C(CNS(C)(=O)=O)C1(F)F. The van der Waals surface area contributed by atoms with Crippen LogP contribution in [0.25, 0.3) is 0 Å². The molecule has 0 radical (unpaired) electrons. The molecule has 2 unspecified atom stereocenters. The van der Waals surface area contributed by atoms with E-state index in [2.05, 4.69) is 0 Å². The third-order valence-corrected chi connectivity index (χ3v) is 3.67. The van der Waals surface area contributed by atoms with Crippen molar-refractivity contribution >= 4 is 16.7 Å². The smallest absolute Gasteiger partial charge is 0.216 e. The minimum atomic E-state index is -3.50. The highest BCUT2D eigenvalue weighted by atomic mass is 32.2. The normalized spacial score (nSPS) is 29.1. The zero-order valence-corrected chi connectivity index (χ0v) is 9.89. The van der Waals surface area contributed by atoms with Crippen LogP contribution in [0.5, 0.6) is 0 Å². The van der Waals surface area contributed by atoms with Crippen LogP contribution in [0.2, 0.25) is 12.1 Å². The van der Waals surface area contributed by atoms with E-state index in [1.54, 1.807) is 0 Å². The van der Waals surface area contributed by atoms with Crippen molar-refractivity contribution in [2.45, 2.75) is 25.0 Å². The Bertz CT molecular complexity index is 407. The Balaban J connectivity index is 2.80. The number of rotatable bonds is 3.